The molecule has 0 bridgehead atoms. The number of ether oxygens (including phenoxy) is 2. The van der Waals surface area contributed by atoms with Crippen LogP contribution in [-0.2, 0) is 16.6 Å². The molecule has 1 fully saturated rings. The predicted molar refractivity (Wildman–Crippen MR) is 123 cm³/mol. The summed E-state index contributed by atoms with van der Waals surface area (Å²) in [7, 11) is -2.02. The van der Waals surface area contributed by atoms with E-state index in [1.54, 1.807) is 12.1 Å². The molecule has 174 valence electrons. The quantitative estimate of drug-likeness (QED) is 0.470. The van der Waals surface area contributed by atoms with E-state index in [9.17, 15) is 13.5 Å². The maximum atomic E-state index is 11.9. The molecule has 2 aliphatic rings. The van der Waals surface area contributed by atoms with Crippen molar-refractivity contribution >= 4 is 15.7 Å². The van der Waals surface area contributed by atoms with Gasteiger partial charge >= 0.3 is 0 Å². The number of fused-ring (bicyclic) bond motifs is 1. The fourth-order valence-electron chi connectivity index (χ4n) is 4.67. The Morgan fingerprint density at radius 3 is 2.53 bits per heavy atom. The Balaban J connectivity index is 1.67. The number of hydrogen-bond acceptors (Lipinski definition) is 7. The van der Waals surface area contributed by atoms with Gasteiger partial charge in [0.1, 0.15) is 23.2 Å². The van der Waals surface area contributed by atoms with Gasteiger partial charge in [-0.2, -0.15) is 0 Å². The first kappa shape index (κ1) is 22.8. The molecule has 0 amide bonds. The van der Waals surface area contributed by atoms with Crippen LogP contribution in [0.1, 0.15) is 49.3 Å². The molecule has 1 saturated carbocycles. The molecule has 0 radical (unpaired) electrons. The minimum atomic E-state index is -3.50. The van der Waals surface area contributed by atoms with Gasteiger partial charge in [0.05, 0.1) is 25.1 Å². The molecule has 2 atom stereocenters. The molecule has 1 aliphatic heterocycles. The third kappa shape index (κ3) is 4.85. The average molecular weight is 462 g/mol. The van der Waals surface area contributed by atoms with Crippen molar-refractivity contribution < 1.29 is 23.0 Å². The van der Waals surface area contributed by atoms with Gasteiger partial charge in [-0.05, 0) is 37.3 Å². The number of sulfonamides is 1. The van der Waals surface area contributed by atoms with Crippen molar-refractivity contribution in [2.45, 2.75) is 56.4 Å². The van der Waals surface area contributed by atoms with Crippen molar-refractivity contribution in [3.8, 4) is 11.5 Å². The van der Waals surface area contributed by atoms with Gasteiger partial charge in [-0.3, -0.25) is 10.1 Å². The molecule has 8 nitrogen and oxygen atoms in total. The number of aliphatic hydroxyl groups excluding tert-OH is 1. The van der Waals surface area contributed by atoms with Gasteiger partial charge in [0, 0.05) is 18.2 Å². The summed E-state index contributed by atoms with van der Waals surface area (Å²) in [5.41, 5.74) is 7.95. The number of benzene rings is 2. The topological polar surface area (TPSA) is 109 Å². The highest BCUT2D eigenvalue weighted by Crippen LogP contribution is 2.48. The molecular weight excluding hydrogens is 430 g/mol. The van der Waals surface area contributed by atoms with Gasteiger partial charge in [-0.15, -0.1) is 0 Å². The monoisotopic (exact) mass is 461 g/mol. The Labute approximate surface area is 189 Å². The van der Waals surface area contributed by atoms with Crippen LogP contribution < -0.4 is 25.0 Å². The lowest BCUT2D eigenvalue weighted by Gasteiger charge is -2.48. The lowest BCUT2D eigenvalue weighted by molar-refractivity contribution is -0.109. The maximum Gasteiger partial charge on any atom is 0.229 e. The molecular formula is C23H31N3O5S. The van der Waals surface area contributed by atoms with Crippen molar-refractivity contribution in [3.05, 3.63) is 53.6 Å². The molecule has 2 unspecified atom stereocenters. The molecule has 1 heterocycles. The summed E-state index contributed by atoms with van der Waals surface area (Å²) in [4.78, 5) is 0. The van der Waals surface area contributed by atoms with E-state index in [-0.39, 0.29) is 0 Å². The Hall–Kier alpha value is -2.33. The zero-order chi connectivity index (χ0) is 22.8. The third-order valence-corrected chi connectivity index (χ3v) is 6.81. The summed E-state index contributed by atoms with van der Waals surface area (Å²) in [5.74, 6) is 0.905. The van der Waals surface area contributed by atoms with Crippen molar-refractivity contribution in [2.75, 3.05) is 18.1 Å². The van der Waals surface area contributed by atoms with Gasteiger partial charge in [-0.1, -0.05) is 36.8 Å². The van der Waals surface area contributed by atoms with E-state index in [1.165, 1.54) is 7.11 Å². The number of rotatable bonds is 7. The highest BCUT2D eigenvalue weighted by molar-refractivity contribution is 7.92. The van der Waals surface area contributed by atoms with Crippen LogP contribution >= 0.6 is 0 Å². The van der Waals surface area contributed by atoms with Crippen molar-refractivity contribution in [2.24, 2.45) is 0 Å². The Bertz CT molecular complexity index is 1040. The summed E-state index contributed by atoms with van der Waals surface area (Å²) in [6, 6.07) is 12.9. The number of hydrazine groups is 1. The number of hydrogen-bond donors (Lipinski definition) is 4. The van der Waals surface area contributed by atoms with Gasteiger partial charge in [0.25, 0.3) is 0 Å². The van der Waals surface area contributed by atoms with Crippen molar-refractivity contribution in [1.82, 2.24) is 10.9 Å². The molecule has 4 N–H and O–H groups in total. The molecule has 32 heavy (non-hydrogen) atoms. The second-order valence-corrected chi connectivity index (χ2v) is 10.3. The highest BCUT2D eigenvalue weighted by atomic mass is 32.2. The zero-order valence-electron chi connectivity index (χ0n) is 18.4. The van der Waals surface area contributed by atoms with Crippen molar-refractivity contribution in [3.63, 3.8) is 0 Å². The minimum absolute atomic E-state index is 0.312. The number of anilines is 1. The van der Waals surface area contributed by atoms with Crippen LogP contribution in [0.3, 0.4) is 0 Å². The summed E-state index contributed by atoms with van der Waals surface area (Å²) < 4.78 is 38.1. The molecule has 0 aromatic heterocycles. The smallest absolute Gasteiger partial charge is 0.229 e. The van der Waals surface area contributed by atoms with Crippen LogP contribution in [0.2, 0.25) is 0 Å². The zero-order valence-corrected chi connectivity index (χ0v) is 19.2. The Morgan fingerprint density at radius 2 is 1.88 bits per heavy atom. The summed E-state index contributed by atoms with van der Waals surface area (Å²) in [6.07, 6.45) is 4.85. The van der Waals surface area contributed by atoms with E-state index in [0.29, 0.717) is 29.3 Å². The second-order valence-electron chi connectivity index (χ2n) is 8.60. The number of aliphatic hydroxyl groups is 1. The maximum absolute atomic E-state index is 11.9. The summed E-state index contributed by atoms with van der Waals surface area (Å²) >= 11 is 0. The van der Waals surface area contributed by atoms with Gasteiger partial charge in [0.15, 0.2) is 0 Å². The lowest BCUT2D eigenvalue weighted by atomic mass is 9.75. The molecule has 0 saturated heterocycles. The fraction of sp³-hybridized carbons (Fsp3) is 0.478. The molecule has 1 aliphatic carbocycles. The van der Waals surface area contributed by atoms with E-state index in [2.05, 4.69) is 15.6 Å². The second kappa shape index (κ2) is 9.27. The third-order valence-electron chi connectivity index (χ3n) is 6.22. The molecule has 2 aromatic carbocycles. The van der Waals surface area contributed by atoms with Gasteiger partial charge in [0.2, 0.25) is 10.0 Å². The van der Waals surface area contributed by atoms with E-state index in [1.807, 2.05) is 30.3 Å². The molecule has 1 spiro atoms. The first-order valence-corrected chi connectivity index (χ1v) is 12.8. The summed E-state index contributed by atoms with van der Waals surface area (Å²) in [5, 5.41) is 11.4. The average Bonchev–Trinajstić information content (AvgIpc) is 2.76. The van der Waals surface area contributed by atoms with Crippen LogP contribution in [0, 0.1) is 0 Å². The lowest BCUT2D eigenvalue weighted by Crippen LogP contribution is -2.58. The standard InChI is InChI=1S/C23H31N3O5S/c1-30-20-13-17-19(14-18(20)26-32(2,28)29)31-23(11-7-4-8-12-23)22(27)21(17)25-24-15-16-9-5-3-6-10-16/h3,5-6,9-10,13-14,21-22,24-27H,4,7-8,11-12,15H2,1-2H3. The Kier molecular flexibility index (Phi) is 6.62. The van der Waals surface area contributed by atoms with Gasteiger partial charge in [-0.25, -0.2) is 13.8 Å². The fourth-order valence-corrected chi connectivity index (χ4v) is 5.23. The normalized spacial score (nSPS) is 22.1. The van der Waals surface area contributed by atoms with E-state index in [0.717, 1.165) is 43.9 Å². The number of methoxy groups -OCH3 is 1. The Morgan fingerprint density at radius 1 is 1.16 bits per heavy atom. The van der Waals surface area contributed by atoms with Gasteiger partial charge < -0.3 is 14.6 Å². The predicted octanol–water partition coefficient (Wildman–Crippen LogP) is 2.86. The van der Waals surface area contributed by atoms with Crippen LogP contribution in [0.25, 0.3) is 0 Å². The van der Waals surface area contributed by atoms with Crippen LogP contribution in [0.15, 0.2) is 42.5 Å². The van der Waals surface area contributed by atoms with E-state index >= 15 is 0 Å². The van der Waals surface area contributed by atoms with Crippen LogP contribution in [-0.4, -0.2) is 38.6 Å². The number of nitrogens with one attached hydrogen (secondary N) is 3. The van der Waals surface area contributed by atoms with E-state index < -0.39 is 27.8 Å². The largest absolute Gasteiger partial charge is 0.495 e. The molecule has 9 heteroatoms. The van der Waals surface area contributed by atoms with E-state index in [4.69, 9.17) is 9.47 Å². The highest BCUT2D eigenvalue weighted by Gasteiger charge is 2.50. The molecule has 4 rings (SSSR count). The minimum Gasteiger partial charge on any atom is -0.495 e. The van der Waals surface area contributed by atoms with Crippen molar-refractivity contribution in [1.29, 1.82) is 0 Å². The SMILES string of the molecule is COc1cc2c(cc1NS(C)(=O)=O)OC1(CCCCC1)C(O)C2NNCc1ccccc1. The summed E-state index contributed by atoms with van der Waals surface area (Å²) in [6.45, 7) is 0.581. The van der Waals surface area contributed by atoms with Crippen LogP contribution in [0.5, 0.6) is 11.5 Å². The van der Waals surface area contributed by atoms with Crippen LogP contribution in [0.4, 0.5) is 5.69 Å². The first-order valence-electron chi connectivity index (χ1n) is 10.9. The first-order chi connectivity index (χ1) is 15.3. The molecule has 2 aromatic rings.